The molecule has 0 aliphatic rings. The third kappa shape index (κ3) is 2.82. The van der Waals surface area contributed by atoms with Crippen molar-refractivity contribution < 1.29 is 9.84 Å². The number of nitrogens with zero attached hydrogens (tertiary/aromatic N) is 3. The maximum absolute atomic E-state index is 9.98. The van der Waals surface area contributed by atoms with Crippen molar-refractivity contribution in [1.82, 2.24) is 14.8 Å². The summed E-state index contributed by atoms with van der Waals surface area (Å²) in [5, 5.41) is 14.1. The summed E-state index contributed by atoms with van der Waals surface area (Å²) in [6.45, 7) is 0. The van der Waals surface area contributed by atoms with E-state index in [2.05, 4.69) is 10.1 Å². The number of aromatic nitrogens is 3. The number of pyridine rings is 1. The summed E-state index contributed by atoms with van der Waals surface area (Å²) in [5.41, 5.74) is 1.62. The first-order valence-corrected chi connectivity index (χ1v) is 5.35. The fraction of sp³-hybridized carbons (Fsp3) is 0.333. The van der Waals surface area contributed by atoms with Crippen LogP contribution in [-0.2, 0) is 13.5 Å². The first-order chi connectivity index (χ1) is 8.19. The number of aliphatic hydroxyl groups excluding tert-OH is 1. The van der Waals surface area contributed by atoms with E-state index in [9.17, 15) is 5.11 Å². The molecule has 0 amide bonds. The van der Waals surface area contributed by atoms with Crippen LogP contribution in [0.4, 0.5) is 0 Å². The van der Waals surface area contributed by atoms with Crippen molar-refractivity contribution in [2.75, 3.05) is 7.11 Å². The predicted molar refractivity (Wildman–Crippen MR) is 62.7 cm³/mol. The number of methoxy groups -OCH3 is 1. The summed E-state index contributed by atoms with van der Waals surface area (Å²) < 4.78 is 6.64. The van der Waals surface area contributed by atoms with E-state index in [4.69, 9.17) is 4.74 Å². The highest BCUT2D eigenvalue weighted by atomic mass is 16.5. The Labute approximate surface area is 99.7 Å². The molecule has 0 spiro atoms. The van der Waals surface area contributed by atoms with Gasteiger partial charge in [0.2, 0.25) is 5.88 Å². The quantitative estimate of drug-likeness (QED) is 0.859. The molecule has 90 valence electrons. The highest BCUT2D eigenvalue weighted by molar-refractivity contribution is 5.19. The Hall–Kier alpha value is -1.88. The maximum Gasteiger partial charge on any atom is 0.212 e. The monoisotopic (exact) mass is 233 g/mol. The van der Waals surface area contributed by atoms with Gasteiger partial charge in [0.15, 0.2) is 0 Å². The Morgan fingerprint density at radius 1 is 1.41 bits per heavy atom. The number of aliphatic hydroxyl groups is 1. The van der Waals surface area contributed by atoms with Crippen molar-refractivity contribution in [2.45, 2.75) is 12.5 Å². The van der Waals surface area contributed by atoms with Crippen LogP contribution < -0.4 is 4.74 Å². The van der Waals surface area contributed by atoms with Gasteiger partial charge in [-0.15, -0.1) is 0 Å². The largest absolute Gasteiger partial charge is 0.481 e. The van der Waals surface area contributed by atoms with Gasteiger partial charge < -0.3 is 9.84 Å². The minimum atomic E-state index is -0.605. The van der Waals surface area contributed by atoms with Gasteiger partial charge in [0.25, 0.3) is 0 Å². The first kappa shape index (κ1) is 11.6. The lowest BCUT2D eigenvalue weighted by molar-refractivity contribution is 0.172. The molecule has 0 aromatic carbocycles. The summed E-state index contributed by atoms with van der Waals surface area (Å²) in [6.07, 6.45) is 3.40. The van der Waals surface area contributed by atoms with Gasteiger partial charge in [-0.25, -0.2) is 4.98 Å². The number of hydrogen-bond acceptors (Lipinski definition) is 4. The summed E-state index contributed by atoms with van der Waals surface area (Å²) in [6, 6.07) is 5.47. The standard InChI is InChI=1S/C12H15N3O2/c1-15-6-5-10(14-15)11(16)7-9-3-4-12(17-2)13-8-9/h3-6,8,11,16H,7H2,1-2H3. The Balaban J connectivity index is 2.04. The number of rotatable bonds is 4. The van der Waals surface area contributed by atoms with Crippen molar-refractivity contribution in [3.8, 4) is 5.88 Å². The van der Waals surface area contributed by atoms with Crippen LogP contribution in [0.25, 0.3) is 0 Å². The van der Waals surface area contributed by atoms with Gasteiger partial charge in [0.1, 0.15) is 6.10 Å². The second-order valence-electron chi connectivity index (χ2n) is 3.84. The molecule has 2 heterocycles. The topological polar surface area (TPSA) is 60.2 Å². The van der Waals surface area contributed by atoms with Gasteiger partial charge in [0, 0.05) is 31.9 Å². The zero-order valence-electron chi connectivity index (χ0n) is 9.87. The van der Waals surface area contributed by atoms with Crippen molar-refractivity contribution in [2.24, 2.45) is 7.05 Å². The van der Waals surface area contributed by atoms with Gasteiger partial charge in [-0.1, -0.05) is 6.07 Å². The summed E-state index contributed by atoms with van der Waals surface area (Å²) in [7, 11) is 3.40. The molecule has 0 radical (unpaired) electrons. The lowest BCUT2D eigenvalue weighted by Crippen LogP contribution is -2.04. The molecule has 2 rings (SSSR count). The Morgan fingerprint density at radius 3 is 2.76 bits per heavy atom. The first-order valence-electron chi connectivity index (χ1n) is 5.35. The number of aryl methyl sites for hydroxylation is 1. The van der Waals surface area contributed by atoms with Crippen LogP contribution in [0.15, 0.2) is 30.6 Å². The second kappa shape index (κ2) is 4.97. The van der Waals surface area contributed by atoms with Gasteiger partial charge in [-0.05, 0) is 11.6 Å². The van der Waals surface area contributed by atoms with Crippen LogP contribution in [-0.4, -0.2) is 27.0 Å². The average Bonchev–Trinajstić information content (AvgIpc) is 2.77. The van der Waals surface area contributed by atoms with E-state index >= 15 is 0 Å². The molecule has 5 heteroatoms. The molecule has 0 saturated carbocycles. The van der Waals surface area contributed by atoms with E-state index in [1.807, 2.05) is 25.4 Å². The molecule has 0 aliphatic carbocycles. The third-order valence-corrected chi connectivity index (χ3v) is 2.51. The van der Waals surface area contributed by atoms with Crippen molar-refractivity contribution in [1.29, 1.82) is 0 Å². The van der Waals surface area contributed by atoms with Crippen LogP contribution in [0.2, 0.25) is 0 Å². The molecular formula is C12H15N3O2. The molecule has 2 aromatic rings. The number of hydrogen-bond donors (Lipinski definition) is 1. The molecule has 1 N–H and O–H groups in total. The molecular weight excluding hydrogens is 218 g/mol. The zero-order chi connectivity index (χ0) is 12.3. The predicted octanol–water partition coefficient (Wildman–Crippen LogP) is 1.10. The average molecular weight is 233 g/mol. The highest BCUT2D eigenvalue weighted by Gasteiger charge is 2.11. The Morgan fingerprint density at radius 2 is 2.24 bits per heavy atom. The van der Waals surface area contributed by atoms with Crippen molar-refractivity contribution >= 4 is 0 Å². The fourth-order valence-electron chi connectivity index (χ4n) is 1.59. The zero-order valence-corrected chi connectivity index (χ0v) is 9.87. The molecule has 0 bridgehead atoms. The van der Waals surface area contributed by atoms with Gasteiger partial charge in [0.05, 0.1) is 12.8 Å². The van der Waals surface area contributed by atoms with E-state index < -0.39 is 6.10 Å². The highest BCUT2D eigenvalue weighted by Crippen LogP contribution is 2.17. The van der Waals surface area contributed by atoms with Crippen LogP contribution in [0.3, 0.4) is 0 Å². The smallest absolute Gasteiger partial charge is 0.212 e. The van der Waals surface area contributed by atoms with Crippen LogP contribution in [0.1, 0.15) is 17.4 Å². The van der Waals surface area contributed by atoms with E-state index in [0.29, 0.717) is 18.0 Å². The molecule has 0 saturated heterocycles. The van der Waals surface area contributed by atoms with Crippen LogP contribution >= 0.6 is 0 Å². The van der Waals surface area contributed by atoms with E-state index in [1.54, 1.807) is 24.1 Å². The Kier molecular flexibility index (Phi) is 3.39. The molecule has 0 aliphatic heterocycles. The second-order valence-corrected chi connectivity index (χ2v) is 3.84. The third-order valence-electron chi connectivity index (χ3n) is 2.51. The van der Waals surface area contributed by atoms with Crippen LogP contribution in [0, 0.1) is 0 Å². The van der Waals surface area contributed by atoms with E-state index in [-0.39, 0.29) is 0 Å². The molecule has 0 fully saturated rings. The minimum absolute atomic E-state index is 0.494. The molecule has 1 atom stereocenters. The number of ether oxygens (including phenoxy) is 1. The maximum atomic E-state index is 9.98. The van der Waals surface area contributed by atoms with E-state index in [0.717, 1.165) is 5.56 Å². The van der Waals surface area contributed by atoms with Crippen LogP contribution in [0.5, 0.6) is 5.88 Å². The summed E-state index contributed by atoms with van der Waals surface area (Å²) in [5.74, 6) is 0.570. The fourth-order valence-corrected chi connectivity index (χ4v) is 1.59. The molecule has 1 unspecified atom stereocenters. The lowest BCUT2D eigenvalue weighted by Gasteiger charge is -2.07. The molecule has 17 heavy (non-hydrogen) atoms. The lowest BCUT2D eigenvalue weighted by atomic mass is 10.1. The molecule has 5 nitrogen and oxygen atoms in total. The Bertz CT molecular complexity index is 479. The minimum Gasteiger partial charge on any atom is -0.481 e. The van der Waals surface area contributed by atoms with Gasteiger partial charge in [-0.2, -0.15) is 5.10 Å². The van der Waals surface area contributed by atoms with Gasteiger partial charge in [-0.3, -0.25) is 4.68 Å². The summed E-state index contributed by atoms with van der Waals surface area (Å²) in [4.78, 5) is 4.09. The molecule has 2 aromatic heterocycles. The summed E-state index contributed by atoms with van der Waals surface area (Å²) >= 11 is 0. The van der Waals surface area contributed by atoms with E-state index in [1.165, 1.54) is 0 Å². The SMILES string of the molecule is COc1ccc(CC(O)c2ccn(C)n2)cn1. The van der Waals surface area contributed by atoms with Crippen molar-refractivity contribution in [3.63, 3.8) is 0 Å². The normalized spacial score (nSPS) is 12.4. The van der Waals surface area contributed by atoms with Gasteiger partial charge >= 0.3 is 0 Å². The van der Waals surface area contributed by atoms with Crippen molar-refractivity contribution in [3.05, 3.63) is 41.9 Å².